The van der Waals surface area contributed by atoms with Crippen LogP contribution in [0, 0.1) is 33.9 Å². The van der Waals surface area contributed by atoms with Crippen molar-refractivity contribution in [3.63, 3.8) is 0 Å². The molecule has 52 heavy (non-hydrogen) atoms. The fourth-order valence-electron chi connectivity index (χ4n) is 6.30. The molecule has 3 aromatic heterocycles. The van der Waals surface area contributed by atoms with Gasteiger partial charge in [-0.05, 0) is 54.0 Å². The van der Waals surface area contributed by atoms with Gasteiger partial charge >= 0.3 is 5.65 Å². The van der Waals surface area contributed by atoms with Gasteiger partial charge in [-0.15, -0.1) is 10.2 Å². The molecule has 1 aliphatic rings. The maximum atomic E-state index is 8.49. The topological polar surface area (TPSA) is 159 Å². The molecular weight excluding hydrogens is 680 g/mol. The van der Waals surface area contributed by atoms with Gasteiger partial charge in [0, 0.05) is 19.2 Å². The minimum atomic E-state index is -4.94. The first-order chi connectivity index (χ1) is 24.6. The lowest BCUT2D eigenvalue weighted by atomic mass is 10.2. The van der Waals surface area contributed by atoms with Crippen molar-refractivity contribution in [3.05, 3.63) is 84.5 Å². The van der Waals surface area contributed by atoms with Crippen LogP contribution in [-0.2, 0) is 13.1 Å². The number of benzene rings is 2. The summed E-state index contributed by atoms with van der Waals surface area (Å²) in [5.41, 5.74) is 5.57. The Kier molecular flexibility index (Phi) is 12.3. The Morgan fingerprint density at radius 3 is 1.54 bits per heavy atom. The van der Waals surface area contributed by atoms with Crippen LogP contribution < -0.4 is 33.0 Å². The molecule has 13 heteroatoms. The Balaban J connectivity index is 0.000000979. The third kappa shape index (κ3) is 9.50. The molecule has 4 heterocycles. The summed E-state index contributed by atoms with van der Waals surface area (Å²) in [5, 5.41) is 0. The van der Waals surface area contributed by atoms with Crippen molar-refractivity contribution in [2.75, 3.05) is 22.9 Å². The van der Waals surface area contributed by atoms with Crippen molar-refractivity contribution in [1.29, 1.82) is 0 Å². The van der Waals surface area contributed by atoms with E-state index in [1.807, 2.05) is 48.5 Å². The van der Waals surface area contributed by atoms with Gasteiger partial charge in [-0.2, -0.15) is 0 Å². The average Bonchev–Trinajstić information content (AvgIpc) is 3.46. The molecule has 6 rings (SSSR count). The molecule has 276 valence electrons. The van der Waals surface area contributed by atoms with E-state index in [-0.39, 0.29) is 0 Å². The van der Waals surface area contributed by atoms with E-state index in [0.717, 1.165) is 82.8 Å². The van der Waals surface area contributed by atoms with E-state index in [4.69, 9.17) is 38.6 Å². The van der Waals surface area contributed by atoms with E-state index in [9.17, 15) is 0 Å². The highest BCUT2D eigenvalue weighted by atomic mass is 35.7. The smallest absolute Gasteiger partial charge is 0.309 e. The highest BCUT2D eigenvalue weighted by molar-refractivity contribution is 5.86. The van der Waals surface area contributed by atoms with E-state index >= 15 is 0 Å². The number of fused-ring (bicyclic) bond motifs is 4. The van der Waals surface area contributed by atoms with Crippen molar-refractivity contribution in [2.45, 2.75) is 68.5 Å². The van der Waals surface area contributed by atoms with Crippen LogP contribution in [0.2, 0.25) is 0 Å². The predicted molar refractivity (Wildman–Crippen MR) is 195 cm³/mol. The molecule has 12 nitrogen and oxygen atoms in total. The maximum Gasteiger partial charge on any atom is 0.323 e. The quantitative estimate of drug-likeness (QED) is 0.146. The van der Waals surface area contributed by atoms with Crippen LogP contribution in [0.25, 0.3) is 39.4 Å². The minimum Gasteiger partial charge on any atom is -0.309 e. The third-order valence-corrected chi connectivity index (χ3v) is 8.10. The van der Waals surface area contributed by atoms with Crippen LogP contribution in [0.15, 0.2) is 78.7 Å². The van der Waals surface area contributed by atoms with Crippen molar-refractivity contribution in [3.8, 4) is 0 Å². The van der Waals surface area contributed by atoms with Gasteiger partial charge < -0.3 is 9.80 Å². The number of aromatic nitrogens is 6. The molecule has 0 aliphatic carbocycles. The lowest BCUT2D eigenvalue weighted by Crippen LogP contribution is -2.68. The largest absolute Gasteiger partial charge is 0.323 e. The fourth-order valence-corrected chi connectivity index (χ4v) is 6.30. The summed E-state index contributed by atoms with van der Waals surface area (Å²) in [4.78, 5) is 25.1. The molecule has 0 atom stereocenters. The van der Waals surface area contributed by atoms with E-state index in [0.29, 0.717) is 23.7 Å². The predicted octanol–water partition coefficient (Wildman–Crippen LogP) is 3.42. The van der Waals surface area contributed by atoms with Gasteiger partial charge in [0.2, 0.25) is 5.82 Å². The van der Waals surface area contributed by atoms with Gasteiger partial charge in [-0.1, -0.05) is 103 Å². The molecule has 0 bridgehead atoms. The molecule has 0 unspecified atom stereocenters. The van der Waals surface area contributed by atoms with Crippen LogP contribution in [0.1, 0.15) is 61.2 Å². The fraction of sp³-hybridized carbons (Fsp3) is 0.410. The van der Waals surface area contributed by atoms with E-state index in [2.05, 4.69) is 105 Å². The van der Waals surface area contributed by atoms with Crippen LogP contribution >= 0.6 is 0 Å². The van der Waals surface area contributed by atoms with Gasteiger partial charge in [0.15, 0.2) is 17.2 Å². The van der Waals surface area contributed by atoms with Crippen LogP contribution in [-0.4, -0.2) is 37.6 Å². The Labute approximate surface area is 307 Å². The number of hydrogen-bond donors (Lipinski definition) is 0. The first-order valence-corrected chi connectivity index (χ1v) is 19.0. The molecule has 1 aliphatic heterocycles. The van der Waals surface area contributed by atoms with E-state index < -0.39 is 10.2 Å². The van der Waals surface area contributed by atoms with Crippen molar-refractivity contribution < 1.29 is 33.4 Å². The SMILES string of the molecule is CC(C)CN1C(=C/C=C/C=C/c2n(CC(C)C)c3nc4ccccc4nc3[n+]2CC(C)C)N(CC(C)C)c2nc3ccccc3nc21.[O-][Cl+3]([O-])([O-])[O-]. The molecular formula is C39H49ClN8O4. The summed E-state index contributed by atoms with van der Waals surface area (Å²) < 4.78 is 38.7. The first kappa shape index (κ1) is 38.8. The summed E-state index contributed by atoms with van der Waals surface area (Å²) in [7, 11) is -4.94. The summed E-state index contributed by atoms with van der Waals surface area (Å²) in [6.07, 6.45) is 10.8. The molecule has 2 aromatic carbocycles. The summed E-state index contributed by atoms with van der Waals surface area (Å²) in [5.74, 6) is 5.95. The third-order valence-electron chi connectivity index (χ3n) is 8.10. The molecule has 0 N–H and O–H groups in total. The second-order valence-corrected chi connectivity index (χ2v) is 15.5. The van der Waals surface area contributed by atoms with Crippen molar-refractivity contribution in [2.24, 2.45) is 23.7 Å². The first-order valence-electron chi connectivity index (χ1n) is 17.8. The lowest BCUT2D eigenvalue weighted by molar-refractivity contribution is -2.00. The van der Waals surface area contributed by atoms with E-state index in [1.54, 1.807) is 0 Å². The van der Waals surface area contributed by atoms with E-state index in [1.165, 1.54) is 0 Å². The normalized spacial score (nSPS) is 13.7. The number of nitrogens with zero attached hydrogens (tertiary/aromatic N) is 8. The van der Waals surface area contributed by atoms with Crippen LogP contribution in [0.3, 0.4) is 0 Å². The summed E-state index contributed by atoms with van der Waals surface area (Å²) in [6.45, 7) is 21.5. The number of para-hydroxylation sites is 4. The Bertz CT molecular complexity index is 1970. The number of hydrogen-bond acceptors (Lipinski definition) is 10. The average molecular weight is 729 g/mol. The molecule has 0 saturated heterocycles. The van der Waals surface area contributed by atoms with Gasteiger partial charge in [0.25, 0.3) is 5.65 Å². The molecule has 0 amide bonds. The lowest BCUT2D eigenvalue weighted by Gasteiger charge is -2.26. The monoisotopic (exact) mass is 728 g/mol. The standard InChI is InChI=1S/C39H49N8.ClHO4/c1-26(2)22-44-34(45(23-27(3)4)37-36(44)40-30-16-12-13-17-31(30)41-37)20-10-9-11-21-35-46(24-28(5)6)38-39(47(35)25-29(7)8)43-33-19-15-14-18-32(33)42-38;2-1(3,4)5/h9-21,26-29H,22-25H2,1-8H3;(H,2,3,4,5)/q+1;/p-1. The van der Waals surface area contributed by atoms with Gasteiger partial charge in [0.1, 0.15) is 11.3 Å². The zero-order chi connectivity index (χ0) is 37.7. The second kappa shape index (κ2) is 16.5. The van der Waals surface area contributed by atoms with Crippen LogP contribution in [0.5, 0.6) is 0 Å². The Morgan fingerprint density at radius 2 is 1.08 bits per heavy atom. The van der Waals surface area contributed by atoms with Crippen molar-refractivity contribution in [1.82, 2.24) is 24.5 Å². The van der Waals surface area contributed by atoms with Gasteiger partial charge in [0.05, 0.1) is 24.1 Å². The highest BCUT2D eigenvalue weighted by Crippen LogP contribution is 2.40. The molecule has 0 saturated carbocycles. The Morgan fingerprint density at radius 1 is 0.615 bits per heavy atom. The number of halogens is 1. The number of imidazole rings is 1. The highest BCUT2D eigenvalue weighted by Gasteiger charge is 2.35. The maximum absolute atomic E-state index is 8.49. The van der Waals surface area contributed by atoms with Gasteiger partial charge in [-0.25, -0.2) is 42.7 Å². The summed E-state index contributed by atoms with van der Waals surface area (Å²) >= 11 is 0. The number of rotatable bonds is 11. The molecule has 0 spiro atoms. The molecule has 0 radical (unpaired) electrons. The molecule has 0 fully saturated rings. The Hall–Kier alpha value is -4.46. The zero-order valence-electron chi connectivity index (χ0n) is 31.2. The zero-order valence-corrected chi connectivity index (χ0v) is 32.0. The van der Waals surface area contributed by atoms with Crippen molar-refractivity contribution >= 4 is 51.1 Å². The number of allylic oxidation sites excluding steroid dienone is 4. The second-order valence-electron chi connectivity index (χ2n) is 14.7. The number of anilines is 2. The molecule has 5 aromatic rings. The minimum absolute atomic E-state index is 0.459. The summed E-state index contributed by atoms with van der Waals surface area (Å²) in [6, 6.07) is 16.3. The van der Waals surface area contributed by atoms with Gasteiger partial charge in [-0.3, -0.25) is 0 Å². The van der Waals surface area contributed by atoms with Crippen LogP contribution in [0.4, 0.5) is 11.6 Å².